The van der Waals surface area contributed by atoms with Crippen LogP contribution in [0.1, 0.15) is 43.4 Å². The summed E-state index contributed by atoms with van der Waals surface area (Å²) in [7, 11) is 1.85. The minimum Gasteiger partial charge on any atom is -0.468 e. The number of hydrogen-bond donors (Lipinski definition) is 2. The van der Waals surface area contributed by atoms with Gasteiger partial charge in [-0.3, -0.25) is 4.90 Å². The fourth-order valence-corrected chi connectivity index (χ4v) is 3.13. The smallest absolute Gasteiger partial charge is 0.315 e. The zero-order valence-corrected chi connectivity index (χ0v) is 14.1. The van der Waals surface area contributed by atoms with Crippen LogP contribution in [-0.4, -0.2) is 45.3 Å². The first-order chi connectivity index (χ1) is 11.6. The summed E-state index contributed by atoms with van der Waals surface area (Å²) in [5, 5.41) is 13.7. The van der Waals surface area contributed by atoms with Gasteiger partial charge in [-0.05, 0) is 45.0 Å². The van der Waals surface area contributed by atoms with Gasteiger partial charge >= 0.3 is 6.03 Å². The van der Waals surface area contributed by atoms with Gasteiger partial charge in [0, 0.05) is 13.6 Å². The molecule has 0 saturated carbocycles. The van der Waals surface area contributed by atoms with Gasteiger partial charge in [0.2, 0.25) is 0 Å². The Kier molecular flexibility index (Phi) is 5.14. The summed E-state index contributed by atoms with van der Waals surface area (Å²) in [6.45, 7) is 4.45. The molecule has 2 amide bonds. The summed E-state index contributed by atoms with van der Waals surface area (Å²) in [6.07, 6.45) is 5.67. The molecular weight excluding hydrogens is 308 g/mol. The van der Waals surface area contributed by atoms with Gasteiger partial charge in [-0.2, -0.15) is 0 Å². The van der Waals surface area contributed by atoms with Gasteiger partial charge in [-0.15, -0.1) is 10.2 Å². The molecule has 1 saturated heterocycles. The van der Waals surface area contributed by atoms with Crippen LogP contribution >= 0.6 is 0 Å². The predicted octanol–water partition coefficient (Wildman–Crippen LogP) is 1.61. The number of furan rings is 1. The van der Waals surface area contributed by atoms with E-state index in [1.54, 1.807) is 17.2 Å². The van der Waals surface area contributed by atoms with Crippen LogP contribution in [-0.2, 0) is 7.05 Å². The molecule has 8 heteroatoms. The summed E-state index contributed by atoms with van der Waals surface area (Å²) in [4.78, 5) is 14.6. The number of hydrogen-bond acceptors (Lipinski definition) is 5. The summed E-state index contributed by atoms with van der Waals surface area (Å²) in [5.41, 5.74) is 0. The van der Waals surface area contributed by atoms with Crippen LogP contribution in [0.2, 0.25) is 0 Å². The second kappa shape index (κ2) is 7.48. The van der Waals surface area contributed by atoms with E-state index in [1.807, 2.05) is 26.1 Å². The van der Waals surface area contributed by atoms with Crippen LogP contribution in [0.3, 0.4) is 0 Å². The van der Waals surface area contributed by atoms with Crippen molar-refractivity contribution in [1.29, 1.82) is 0 Å². The number of aryl methyl sites for hydroxylation is 1. The van der Waals surface area contributed by atoms with E-state index in [-0.39, 0.29) is 18.1 Å². The number of amides is 2. The maximum Gasteiger partial charge on any atom is 0.315 e. The average Bonchev–Trinajstić information content (AvgIpc) is 3.29. The van der Waals surface area contributed by atoms with E-state index in [0.717, 1.165) is 18.8 Å². The predicted molar refractivity (Wildman–Crippen MR) is 88.2 cm³/mol. The van der Waals surface area contributed by atoms with E-state index < -0.39 is 0 Å². The van der Waals surface area contributed by atoms with Gasteiger partial charge in [0.1, 0.15) is 12.1 Å². The van der Waals surface area contributed by atoms with Crippen LogP contribution in [0.15, 0.2) is 29.1 Å². The number of urea groups is 1. The molecule has 2 aromatic rings. The second-order valence-corrected chi connectivity index (χ2v) is 6.15. The first-order valence-corrected chi connectivity index (χ1v) is 8.31. The van der Waals surface area contributed by atoms with Crippen LogP contribution in [0.5, 0.6) is 0 Å². The molecule has 8 nitrogen and oxygen atoms in total. The van der Waals surface area contributed by atoms with E-state index in [0.29, 0.717) is 12.4 Å². The highest BCUT2D eigenvalue weighted by Gasteiger charge is 2.26. The summed E-state index contributed by atoms with van der Waals surface area (Å²) < 4.78 is 7.35. The van der Waals surface area contributed by atoms with Gasteiger partial charge in [-0.25, -0.2) is 4.79 Å². The molecule has 1 fully saturated rings. The topological polar surface area (TPSA) is 88.2 Å². The summed E-state index contributed by atoms with van der Waals surface area (Å²) >= 11 is 0. The molecule has 130 valence electrons. The Morgan fingerprint density at radius 3 is 2.83 bits per heavy atom. The fraction of sp³-hybridized carbons (Fsp3) is 0.562. The Hall–Kier alpha value is -2.35. The minimum atomic E-state index is -0.221. The molecule has 3 heterocycles. The Balaban J connectivity index is 1.56. The maximum atomic E-state index is 12.2. The molecule has 0 aliphatic carbocycles. The molecule has 0 radical (unpaired) electrons. The van der Waals surface area contributed by atoms with Crippen LogP contribution < -0.4 is 10.6 Å². The number of carbonyl (C=O) groups excluding carboxylic acids is 1. The van der Waals surface area contributed by atoms with Crippen molar-refractivity contribution >= 4 is 6.03 Å². The van der Waals surface area contributed by atoms with Crippen molar-refractivity contribution in [1.82, 2.24) is 30.3 Å². The molecule has 0 aromatic carbocycles. The van der Waals surface area contributed by atoms with Crippen molar-refractivity contribution in [3.05, 3.63) is 36.3 Å². The zero-order chi connectivity index (χ0) is 16.9. The van der Waals surface area contributed by atoms with Crippen LogP contribution in [0, 0.1) is 0 Å². The highest BCUT2D eigenvalue weighted by atomic mass is 16.3. The molecule has 1 aliphatic heterocycles. The van der Waals surface area contributed by atoms with Crippen molar-refractivity contribution in [2.75, 3.05) is 19.6 Å². The van der Waals surface area contributed by atoms with Gasteiger partial charge < -0.3 is 19.6 Å². The molecule has 2 aromatic heterocycles. The normalized spacial score (nSPS) is 17.6. The van der Waals surface area contributed by atoms with Gasteiger partial charge in [0.15, 0.2) is 5.82 Å². The quantitative estimate of drug-likeness (QED) is 0.839. The van der Waals surface area contributed by atoms with E-state index in [2.05, 4.69) is 25.7 Å². The summed E-state index contributed by atoms with van der Waals surface area (Å²) in [5.74, 6) is 1.60. The van der Waals surface area contributed by atoms with Gasteiger partial charge in [0.25, 0.3) is 0 Å². The lowest BCUT2D eigenvalue weighted by Crippen LogP contribution is -2.42. The van der Waals surface area contributed by atoms with E-state index in [4.69, 9.17) is 4.42 Å². The van der Waals surface area contributed by atoms with Gasteiger partial charge in [-0.1, -0.05) is 0 Å². The van der Waals surface area contributed by atoms with Crippen molar-refractivity contribution in [3.8, 4) is 0 Å². The van der Waals surface area contributed by atoms with Crippen molar-refractivity contribution in [2.24, 2.45) is 7.05 Å². The molecule has 24 heavy (non-hydrogen) atoms. The maximum absolute atomic E-state index is 12.2. The first-order valence-electron chi connectivity index (χ1n) is 8.31. The van der Waals surface area contributed by atoms with Crippen molar-refractivity contribution in [3.63, 3.8) is 0 Å². The third-order valence-corrected chi connectivity index (χ3v) is 4.39. The number of aromatic nitrogens is 3. The first kappa shape index (κ1) is 16.5. The van der Waals surface area contributed by atoms with E-state index >= 15 is 0 Å². The molecule has 0 bridgehead atoms. The Labute approximate surface area is 141 Å². The highest BCUT2D eigenvalue weighted by Crippen LogP contribution is 2.24. The molecule has 2 N–H and O–H groups in total. The number of likely N-dealkylation sites (tertiary alicyclic amines) is 1. The third kappa shape index (κ3) is 3.76. The molecular formula is C16H24N6O2. The standard InChI is InChI=1S/C16H24N6O2/c1-12(15-20-18-11-21(15)2)19-16(23)17-10-13(14-6-5-9-24-14)22-7-3-4-8-22/h5-6,9,11-13H,3-4,7-8,10H2,1-2H3,(H2,17,19,23)/t12-,13+/m1/s1. The number of nitrogens with zero attached hydrogens (tertiary/aromatic N) is 4. The van der Waals surface area contributed by atoms with Crippen LogP contribution in [0.25, 0.3) is 0 Å². The van der Waals surface area contributed by atoms with Gasteiger partial charge in [0.05, 0.1) is 18.3 Å². The van der Waals surface area contributed by atoms with Crippen molar-refractivity contribution in [2.45, 2.75) is 31.8 Å². The Morgan fingerprint density at radius 1 is 1.42 bits per heavy atom. The lowest BCUT2D eigenvalue weighted by molar-refractivity contribution is 0.202. The Morgan fingerprint density at radius 2 is 2.21 bits per heavy atom. The van der Waals surface area contributed by atoms with E-state index in [9.17, 15) is 4.79 Å². The minimum absolute atomic E-state index is 0.0679. The summed E-state index contributed by atoms with van der Waals surface area (Å²) in [6, 6.07) is 3.48. The zero-order valence-electron chi connectivity index (χ0n) is 14.1. The molecule has 0 unspecified atom stereocenters. The van der Waals surface area contributed by atoms with E-state index in [1.165, 1.54) is 12.8 Å². The fourth-order valence-electron chi connectivity index (χ4n) is 3.13. The molecule has 3 rings (SSSR count). The van der Waals surface area contributed by atoms with Crippen molar-refractivity contribution < 1.29 is 9.21 Å². The average molecular weight is 332 g/mol. The second-order valence-electron chi connectivity index (χ2n) is 6.15. The lowest BCUT2D eigenvalue weighted by Gasteiger charge is -2.26. The molecule has 0 spiro atoms. The lowest BCUT2D eigenvalue weighted by atomic mass is 10.2. The SMILES string of the molecule is C[C@@H](NC(=O)NC[C@@H](c1ccco1)N1CCCC1)c1nncn1C. The number of rotatable bonds is 6. The highest BCUT2D eigenvalue weighted by molar-refractivity contribution is 5.74. The Bertz CT molecular complexity index is 647. The monoisotopic (exact) mass is 332 g/mol. The van der Waals surface area contributed by atoms with Crippen LogP contribution in [0.4, 0.5) is 4.79 Å². The molecule has 1 aliphatic rings. The number of nitrogens with one attached hydrogen (secondary N) is 2. The number of carbonyl (C=O) groups is 1. The molecule has 2 atom stereocenters. The third-order valence-electron chi connectivity index (χ3n) is 4.39. The largest absolute Gasteiger partial charge is 0.468 e.